The minimum absolute atomic E-state index is 0.595. The topological polar surface area (TPSA) is 70.7 Å². The van der Waals surface area contributed by atoms with Crippen LogP contribution in [-0.2, 0) is 29.0 Å². The van der Waals surface area contributed by atoms with Gasteiger partial charge in [-0.25, -0.2) is 0 Å². The summed E-state index contributed by atoms with van der Waals surface area (Å²) in [6.45, 7) is 8.19. The average Bonchev–Trinajstić information content (AvgIpc) is 3.18. The molecule has 0 aliphatic carbocycles. The van der Waals surface area contributed by atoms with Crippen LogP contribution in [0.5, 0.6) is 0 Å². The number of hydrogen-bond acceptors (Lipinski definition) is 3. The first-order valence-electron chi connectivity index (χ1n) is 10.9. The fourth-order valence-corrected chi connectivity index (χ4v) is 3.51. The van der Waals surface area contributed by atoms with Crippen LogP contribution in [0.4, 0.5) is 0 Å². The van der Waals surface area contributed by atoms with Gasteiger partial charge in [-0.3, -0.25) is 4.99 Å². The van der Waals surface area contributed by atoms with Crippen LogP contribution in [0.15, 0.2) is 53.7 Å². The zero-order valence-corrected chi connectivity index (χ0v) is 18.8. The molecule has 6 heteroatoms. The van der Waals surface area contributed by atoms with E-state index >= 15 is 0 Å². The number of aryl methyl sites for hydroxylation is 1. The largest absolute Gasteiger partial charge is 0.379 e. The number of H-pyrrole nitrogens is 1. The molecule has 31 heavy (non-hydrogen) atoms. The standard InChI is InChI=1S/C25H34N4O2/c1-4-30-12-13-31-18-21-7-5-6-20(15-21)16-29-25(26-3)27-11-10-22-17-28-24-14-19(2)8-9-23(22)24/h5-9,14-15,17,28H,4,10-13,16,18H2,1-3H3,(H2,26,27,29). The zero-order chi connectivity index (χ0) is 21.9. The summed E-state index contributed by atoms with van der Waals surface area (Å²) in [6, 6.07) is 15.0. The smallest absolute Gasteiger partial charge is 0.191 e. The Kier molecular flexibility index (Phi) is 8.94. The predicted molar refractivity (Wildman–Crippen MR) is 128 cm³/mol. The molecule has 0 aliphatic rings. The van der Waals surface area contributed by atoms with Crippen molar-refractivity contribution in [3.63, 3.8) is 0 Å². The zero-order valence-electron chi connectivity index (χ0n) is 18.8. The molecule has 0 bridgehead atoms. The van der Waals surface area contributed by atoms with E-state index in [0.717, 1.165) is 31.1 Å². The third-order valence-electron chi connectivity index (χ3n) is 5.13. The van der Waals surface area contributed by atoms with Crippen molar-refractivity contribution in [1.29, 1.82) is 0 Å². The van der Waals surface area contributed by atoms with Crippen LogP contribution in [0, 0.1) is 6.92 Å². The maximum Gasteiger partial charge on any atom is 0.191 e. The minimum atomic E-state index is 0.595. The average molecular weight is 423 g/mol. The van der Waals surface area contributed by atoms with Crippen molar-refractivity contribution in [2.75, 3.05) is 33.4 Å². The van der Waals surface area contributed by atoms with Crippen LogP contribution >= 0.6 is 0 Å². The number of aromatic nitrogens is 1. The molecular formula is C25H34N4O2. The summed E-state index contributed by atoms with van der Waals surface area (Å²) in [6.07, 6.45) is 3.03. The highest BCUT2D eigenvalue weighted by Gasteiger charge is 2.05. The molecule has 0 atom stereocenters. The van der Waals surface area contributed by atoms with Gasteiger partial charge in [0.2, 0.25) is 0 Å². The number of guanidine groups is 1. The number of fused-ring (bicyclic) bond motifs is 1. The molecule has 0 saturated heterocycles. The van der Waals surface area contributed by atoms with Gasteiger partial charge in [0.15, 0.2) is 5.96 Å². The van der Waals surface area contributed by atoms with Gasteiger partial charge in [-0.15, -0.1) is 0 Å². The Morgan fingerprint density at radius 2 is 1.87 bits per heavy atom. The second kappa shape index (κ2) is 12.1. The number of benzene rings is 2. The minimum Gasteiger partial charge on any atom is -0.379 e. The van der Waals surface area contributed by atoms with E-state index in [4.69, 9.17) is 9.47 Å². The maximum atomic E-state index is 5.66. The third kappa shape index (κ3) is 7.12. The molecule has 0 amide bonds. The van der Waals surface area contributed by atoms with Crippen molar-refractivity contribution in [2.24, 2.45) is 4.99 Å². The number of nitrogens with one attached hydrogen (secondary N) is 3. The van der Waals surface area contributed by atoms with Crippen molar-refractivity contribution < 1.29 is 9.47 Å². The van der Waals surface area contributed by atoms with E-state index in [-0.39, 0.29) is 0 Å². The number of aromatic amines is 1. The lowest BCUT2D eigenvalue weighted by molar-refractivity contribution is 0.0453. The van der Waals surface area contributed by atoms with Gasteiger partial charge in [0.05, 0.1) is 19.8 Å². The Labute approximate surface area is 185 Å². The molecule has 0 unspecified atom stereocenters. The first kappa shape index (κ1) is 22.8. The number of aliphatic imine (C=N–C) groups is 1. The van der Waals surface area contributed by atoms with Crippen LogP contribution in [0.25, 0.3) is 10.9 Å². The van der Waals surface area contributed by atoms with Gasteiger partial charge < -0.3 is 25.1 Å². The van der Waals surface area contributed by atoms with Crippen LogP contribution in [0.3, 0.4) is 0 Å². The summed E-state index contributed by atoms with van der Waals surface area (Å²) >= 11 is 0. The van der Waals surface area contributed by atoms with E-state index in [2.05, 4.69) is 76.2 Å². The van der Waals surface area contributed by atoms with Gasteiger partial charge in [0.1, 0.15) is 0 Å². The fourth-order valence-electron chi connectivity index (χ4n) is 3.51. The SMILES string of the molecule is CCOCCOCc1cccc(CNC(=NC)NCCc2c[nH]c3cc(C)ccc23)c1. The molecule has 1 aromatic heterocycles. The summed E-state index contributed by atoms with van der Waals surface area (Å²) < 4.78 is 11.0. The predicted octanol–water partition coefficient (Wildman–Crippen LogP) is 3.94. The van der Waals surface area contributed by atoms with Crippen LogP contribution in [0.1, 0.15) is 29.2 Å². The first-order valence-corrected chi connectivity index (χ1v) is 10.9. The van der Waals surface area contributed by atoms with E-state index in [9.17, 15) is 0 Å². The molecule has 3 N–H and O–H groups in total. The third-order valence-corrected chi connectivity index (χ3v) is 5.13. The van der Waals surface area contributed by atoms with Gasteiger partial charge in [-0.1, -0.05) is 36.4 Å². The Balaban J connectivity index is 1.43. The molecule has 0 fully saturated rings. The lowest BCUT2D eigenvalue weighted by Crippen LogP contribution is -2.37. The highest BCUT2D eigenvalue weighted by molar-refractivity contribution is 5.84. The molecule has 0 radical (unpaired) electrons. The molecule has 166 valence electrons. The van der Waals surface area contributed by atoms with Gasteiger partial charge in [-0.2, -0.15) is 0 Å². The van der Waals surface area contributed by atoms with Crippen molar-refractivity contribution in [3.8, 4) is 0 Å². The monoisotopic (exact) mass is 422 g/mol. The molecule has 0 aliphatic heterocycles. The summed E-state index contributed by atoms with van der Waals surface area (Å²) in [7, 11) is 1.80. The van der Waals surface area contributed by atoms with Gasteiger partial charge in [0.25, 0.3) is 0 Å². The molecular weight excluding hydrogens is 388 g/mol. The summed E-state index contributed by atoms with van der Waals surface area (Å²) in [5.74, 6) is 0.800. The highest BCUT2D eigenvalue weighted by atomic mass is 16.5. The van der Waals surface area contributed by atoms with Gasteiger partial charge >= 0.3 is 0 Å². The number of ether oxygens (including phenoxy) is 2. The Hall–Kier alpha value is -2.83. The summed E-state index contributed by atoms with van der Waals surface area (Å²) in [4.78, 5) is 7.71. The molecule has 3 rings (SSSR count). The van der Waals surface area contributed by atoms with Crippen LogP contribution in [-0.4, -0.2) is 44.4 Å². The van der Waals surface area contributed by atoms with E-state index in [1.165, 1.54) is 27.6 Å². The molecule has 0 spiro atoms. The van der Waals surface area contributed by atoms with Crippen LogP contribution < -0.4 is 10.6 Å². The molecule has 6 nitrogen and oxygen atoms in total. The van der Waals surface area contributed by atoms with E-state index < -0.39 is 0 Å². The second-order valence-electron chi connectivity index (χ2n) is 7.53. The second-order valence-corrected chi connectivity index (χ2v) is 7.53. The molecule has 3 aromatic rings. The van der Waals surface area contributed by atoms with Crippen molar-refractivity contribution in [3.05, 3.63) is 70.9 Å². The van der Waals surface area contributed by atoms with Gasteiger partial charge in [-0.05, 0) is 48.6 Å². The van der Waals surface area contributed by atoms with E-state index in [1.807, 2.05) is 6.92 Å². The summed E-state index contributed by atoms with van der Waals surface area (Å²) in [5.41, 5.74) is 6.13. The van der Waals surface area contributed by atoms with E-state index in [0.29, 0.717) is 26.4 Å². The van der Waals surface area contributed by atoms with Gasteiger partial charge in [0, 0.05) is 43.8 Å². The number of nitrogens with zero attached hydrogens (tertiary/aromatic N) is 1. The highest BCUT2D eigenvalue weighted by Crippen LogP contribution is 2.19. The maximum absolute atomic E-state index is 5.66. The van der Waals surface area contributed by atoms with E-state index in [1.54, 1.807) is 7.05 Å². The van der Waals surface area contributed by atoms with Crippen molar-refractivity contribution in [1.82, 2.24) is 15.6 Å². The molecule has 2 aromatic carbocycles. The molecule has 0 saturated carbocycles. The Bertz CT molecular complexity index is 981. The lowest BCUT2D eigenvalue weighted by atomic mass is 10.1. The number of rotatable bonds is 11. The van der Waals surface area contributed by atoms with Crippen molar-refractivity contribution >= 4 is 16.9 Å². The molecule has 1 heterocycles. The Morgan fingerprint density at radius 1 is 1.03 bits per heavy atom. The lowest BCUT2D eigenvalue weighted by Gasteiger charge is -2.12. The normalized spacial score (nSPS) is 11.8. The number of hydrogen-bond donors (Lipinski definition) is 3. The quantitative estimate of drug-likeness (QED) is 0.249. The summed E-state index contributed by atoms with van der Waals surface area (Å²) in [5, 5.41) is 8.09. The first-order chi connectivity index (χ1) is 15.2. The fraction of sp³-hybridized carbons (Fsp3) is 0.400. The van der Waals surface area contributed by atoms with Crippen LogP contribution in [0.2, 0.25) is 0 Å². The van der Waals surface area contributed by atoms with Crippen molar-refractivity contribution in [2.45, 2.75) is 33.4 Å². The Morgan fingerprint density at radius 3 is 2.71 bits per heavy atom.